The van der Waals surface area contributed by atoms with Gasteiger partial charge in [-0.05, 0) is 50.5 Å². The number of benzene rings is 1. The van der Waals surface area contributed by atoms with Gasteiger partial charge in [0.25, 0.3) is 0 Å². The van der Waals surface area contributed by atoms with E-state index in [0.29, 0.717) is 18.8 Å². The number of rotatable bonds is 7. The lowest BCUT2D eigenvalue weighted by Crippen LogP contribution is -2.44. The summed E-state index contributed by atoms with van der Waals surface area (Å²) in [5.41, 5.74) is 2.68. The standard InChI is InChI=1S/C22H36N4OS.HI/c1-4-23-22(25-13-21-10-7-11-28-21)24-12-19-8-5-6-9-20(19)16-26-14-17(2)27-18(3)15-26;/h5-6,8-9,17-18,21H,4,7,10-16H2,1-3H3,(H2,23,24,25);1H. The minimum Gasteiger partial charge on any atom is -0.373 e. The molecule has 0 aromatic heterocycles. The van der Waals surface area contributed by atoms with E-state index in [1.165, 1.54) is 29.7 Å². The third-order valence-corrected chi connectivity index (χ3v) is 6.68. The van der Waals surface area contributed by atoms with Crippen LogP contribution in [0.2, 0.25) is 0 Å². The van der Waals surface area contributed by atoms with Gasteiger partial charge in [-0.25, -0.2) is 4.99 Å². The van der Waals surface area contributed by atoms with Crippen molar-refractivity contribution in [3.05, 3.63) is 35.4 Å². The first-order valence-electron chi connectivity index (χ1n) is 10.7. The average Bonchev–Trinajstić information content (AvgIpc) is 3.18. The summed E-state index contributed by atoms with van der Waals surface area (Å²) in [5, 5.41) is 7.65. The summed E-state index contributed by atoms with van der Waals surface area (Å²) in [6.07, 6.45) is 3.26. The van der Waals surface area contributed by atoms with Crippen LogP contribution in [-0.4, -0.2) is 60.2 Å². The molecule has 2 fully saturated rings. The molecule has 2 heterocycles. The molecule has 0 radical (unpaired) electrons. The second-order valence-corrected chi connectivity index (χ2v) is 9.34. The van der Waals surface area contributed by atoms with Crippen molar-refractivity contribution in [1.82, 2.24) is 15.5 Å². The quantitative estimate of drug-likeness (QED) is 0.317. The molecule has 2 N–H and O–H groups in total. The molecular formula is C22H37IN4OS. The summed E-state index contributed by atoms with van der Waals surface area (Å²) in [6, 6.07) is 8.71. The molecule has 1 aromatic rings. The van der Waals surface area contributed by atoms with E-state index < -0.39 is 0 Å². The van der Waals surface area contributed by atoms with Crippen molar-refractivity contribution in [2.24, 2.45) is 4.99 Å². The molecule has 2 aliphatic rings. The molecule has 0 spiro atoms. The third-order valence-electron chi connectivity index (χ3n) is 5.28. The van der Waals surface area contributed by atoms with Gasteiger partial charge in [0.2, 0.25) is 0 Å². The zero-order chi connectivity index (χ0) is 19.8. The molecular weight excluding hydrogens is 495 g/mol. The monoisotopic (exact) mass is 532 g/mol. The Bertz CT molecular complexity index is 629. The Hall–Kier alpha value is -0.510. The minimum atomic E-state index is 0. The largest absolute Gasteiger partial charge is 0.373 e. The van der Waals surface area contributed by atoms with Crippen LogP contribution in [0, 0.1) is 0 Å². The van der Waals surface area contributed by atoms with E-state index in [0.717, 1.165) is 43.9 Å². The Morgan fingerprint density at radius 1 is 1.17 bits per heavy atom. The maximum absolute atomic E-state index is 5.88. The summed E-state index contributed by atoms with van der Waals surface area (Å²) in [7, 11) is 0. The van der Waals surface area contributed by atoms with Gasteiger partial charge in [0, 0.05) is 38.0 Å². The normalized spacial score (nSPS) is 25.5. The lowest BCUT2D eigenvalue weighted by molar-refractivity contribution is -0.0705. The molecule has 2 aliphatic heterocycles. The zero-order valence-corrected chi connectivity index (χ0v) is 21.2. The molecule has 2 saturated heterocycles. The Morgan fingerprint density at radius 2 is 1.90 bits per heavy atom. The van der Waals surface area contributed by atoms with Gasteiger partial charge in [0.1, 0.15) is 0 Å². The van der Waals surface area contributed by atoms with Crippen LogP contribution in [0.25, 0.3) is 0 Å². The van der Waals surface area contributed by atoms with Crippen molar-refractivity contribution in [3.63, 3.8) is 0 Å². The average molecular weight is 533 g/mol. The van der Waals surface area contributed by atoms with E-state index in [-0.39, 0.29) is 24.0 Å². The Labute approximate surface area is 197 Å². The number of halogens is 1. The summed E-state index contributed by atoms with van der Waals surface area (Å²) in [4.78, 5) is 7.37. The Balaban J connectivity index is 0.00000300. The fourth-order valence-electron chi connectivity index (χ4n) is 4.04. The topological polar surface area (TPSA) is 48.9 Å². The fraction of sp³-hybridized carbons (Fsp3) is 0.682. The van der Waals surface area contributed by atoms with Crippen LogP contribution in [0.15, 0.2) is 29.3 Å². The number of thioether (sulfide) groups is 1. The highest BCUT2D eigenvalue weighted by atomic mass is 127. The van der Waals surface area contributed by atoms with Crippen LogP contribution in [0.4, 0.5) is 0 Å². The summed E-state index contributed by atoms with van der Waals surface area (Å²) in [6.45, 7) is 12.0. The molecule has 5 nitrogen and oxygen atoms in total. The number of morpholine rings is 1. The highest BCUT2D eigenvalue weighted by molar-refractivity contribution is 14.0. The lowest BCUT2D eigenvalue weighted by Gasteiger charge is -2.35. The van der Waals surface area contributed by atoms with Gasteiger partial charge in [-0.3, -0.25) is 4.90 Å². The zero-order valence-electron chi connectivity index (χ0n) is 18.0. The van der Waals surface area contributed by atoms with Gasteiger partial charge in [0.15, 0.2) is 5.96 Å². The van der Waals surface area contributed by atoms with Crippen molar-refractivity contribution < 1.29 is 4.74 Å². The summed E-state index contributed by atoms with van der Waals surface area (Å²) >= 11 is 2.08. The molecule has 0 bridgehead atoms. The number of ether oxygens (including phenoxy) is 1. The van der Waals surface area contributed by atoms with Crippen molar-refractivity contribution in [1.29, 1.82) is 0 Å². The molecule has 7 heteroatoms. The maximum atomic E-state index is 5.88. The second kappa shape index (κ2) is 13.0. The number of guanidine groups is 1. The highest BCUT2D eigenvalue weighted by Crippen LogP contribution is 2.25. The molecule has 164 valence electrons. The number of hydrogen-bond donors (Lipinski definition) is 2. The number of nitrogens with one attached hydrogen (secondary N) is 2. The van der Waals surface area contributed by atoms with Crippen molar-refractivity contribution in [2.75, 3.05) is 31.9 Å². The predicted molar refractivity (Wildman–Crippen MR) is 135 cm³/mol. The first-order valence-corrected chi connectivity index (χ1v) is 11.8. The van der Waals surface area contributed by atoms with E-state index in [1.807, 2.05) is 0 Å². The summed E-state index contributed by atoms with van der Waals surface area (Å²) < 4.78 is 5.88. The van der Waals surface area contributed by atoms with Crippen molar-refractivity contribution in [3.8, 4) is 0 Å². The van der Waals surface area contributed by atoms with Crippen molar-refractivity contribution >= 4 is 41.7 Å². The van der Waals surface area contributed by atoms with Gasteiger partial charge >= 0.3 is 0 Å². The molecule has 0 aliphatic carbocycles. The maximum Gasteiger partial charge on any atom is 0.191 e. The molecule has 1 aromatic carbocycles. The number of nitrogens with zero attached hydrogens (tertiary/aromatic N) is 2. The first-order chi connectivity index (χ1) is 13.6. The second-order valence-electron chi connectivity index (χ2n) is 7.93. The van der Waals surface area contributed by atoms with Crippen LogP contribution in [0.5, 0.6) is 0 Å². The molecule has 0 amide bonds. The van der Waals surface area contributed by atoms with Crippen LogP contribution in [0.3, 0.4) is 0 Å². The van der Waals surface area contributed by atoms with Gasteiger partial charge in [-0.15, -0.1) is 24.0 Å². The summed E-state index contributed by atoms with van der Waals surface area (Å²) in [5.74, 6) is 2.23. The van der Waals surface area contributed by atoms with E-state index in [9.17, 15) is 0 Å². The van der Waals surface area contributed by atoms with E-state index in [2.05, 4.69) is 72.3 Å². The van der Waals surface area contributed by atoms with Gasteiger partial charge in [0.05, 0.1) is 18.8 Å². The molecule has 3 atom stereocenters. The van der Waals surface area contributed by atoms with Crippen LogP contribution >= 0.6 is 35.7 Å². The fourth-order valence-corrected chi connectivity index (χ4v) is 5.24. The molecule has 29 heavy (non-hydrogen) atoms. The SMILES string of the molecule is CCNC(=NCc1ccccc1CN1CC(C)OC(C)C1)NCC1CCCS1.I. The van der Waals surface area contributed by atoms with Crippen molar-refractivity contribution in [2.45, 2.75) is 64.2 Å². The lowest BCUT2D eigenvalue weighted by atomic mass is 10.1. The van der Waals surface area contributed by atoms with Crippen LogP contribution in [0.1, 0.15) is 44.7 Å². The Morgan fingerprint density at radius 3 is 2.55 bits per heavy atom. The number of hydrogen-bond acceptors (Lipinski definition) is 4. The van der Waals surface area contributed by atoms with Gasteiger partial charge in [-0.2, -0.15) is 11.8 Å². The number of aliphatic imine (C=N–C) groups is 1. The van der Waals surface area contributed by atoms with E-state index in [4.69, 9.17) is 9.73 Å². The molecule has 3 rings (SSSR count). The Kier molecular flexibility index (Phi) is 11.1. The highest BCUT2D eigenvalue weighted by Gasteiger charge is 2.22. The van der Waals surface area contributed by atoms with Gasteiger partial charge < -0.3 is 15.4 Å². The third kappa shape index (κ3) is 8.26. The van der Waals surface area contributed by atoms with E-state index >= 15 is 0 Å². The smallest absolute Gasteiger partial charge is 0.191 e. The minimum absolute atomic E-state index is 0. The van der Waals surface area contributed by atoms with Gasteiger partial charge in [-0.1, -0.05) is 24.3 Å². The van der Waals surface area contributed by atoms with Crippen LogP contribution < -0.4 is 10.6 Å². The first kappa shape index (κ1) is 24.8. The molecule has 0 saturated carbocycles. The van der Waals surface area contributed by atoms with Crippen LogP contribution in [-0.2, 0) is 17.8 Å². The molecule has 3 unspecified atom stereocenters. The predicted octanol–water partition coefficient (Wildman–Crippen LogP) is 3.86. The van der Waals surface area contributed by atoms with E-state index in [1.54, 1.807) is 0 Å².